The number of imide groups is 1. The summed E-state index contributed by atoms with van der Waals surface area (Å²) in [5, 5.41) is 23.3. The zero-order valence-electron chi connectivity index (χ0n) is 23.3. The number of nitrogens with zero attached hydrogens (tertiary/aromatic N) is 2. The van der Waals surface area contributed by atoms with Crippen LogP contribution in [0.25, 0.3) is 0 Å². The van der Waals surface area contributed by atoms with Crippen LogP contribution in [0.2, 0.25) is 0 Å². The summed E-state index contributed by atoms with van der Waals surface area (Å²) in [6.45, 7) is 4.18. The highest BCUT2D eigenvalue weighted by Gasteiger charge is 2.29. The number of carboxylic acid groups (broad SMARTS) is 1. The number of aromatic nitrogens is 1. The monoisotopic (exact) mass is 570 g/mol. The van der Waals surface area contributed by atoms with Gasteiger partial charge in [0.25, 0.3) is 11.8 Å². The number of rotatable bonds is 12. The minimum atomic E-state index is -1.17. The fourth-order valence-corrected chi connectivity index (χ4v) is 3.89. The first-order valence-electron chi connectivity index (χ1n) is 13.0. The van der Waals surface area contributed by atoms with E-state index in [0.29, 0.717) is 22.5 Å². The van der Waals surface area contributed by atoms with Gasteiger partial charge in [-0.1, -0.05) is 6.07 Å². The molecule has 3 rings (SSSR count). The number of anilines is 1. The number of hydrogen-bond donors (Lipinski definition) is 5. The van der Waals surface area contributed by atoms with Crippen molar-refractivity contribution in [2.24, 2.45) is 0 Å². The van der Waals surface area contributed by atoms with Gasteiger partial charge >= 0.3 is 18.0 Å². The summed E-state index contributed by atoms with van der Waals surface area (Å²) in [7, 11) is 1.60. The molecule has 0 bridgehead atoms. The summed E-state index contributed by atoms with van der Waals surface area (Å²) in [6, 6.07) is 5.37. The zero-order chi connectivity index (χ0) is 30.3. The Morgan fingerprint density at radius 3 is 2.44 bits per heavy atom. The number of nitrogens with one attached hydrogen (secondary N) is 4. The molecule has 5 N–H and O–H groups in total. The van der Waals surface area contributed by atoms with E-state index >= 15 is 0 Å². The molecule has 220 valence electrons. The Morgan fingerprint density at radius 1 is 1.12 bits per heavy atom. The summed E-state index contributed by atoms with van der Waals surface area (Å²) in [5.74, 6) is -2.99. The minimum Gasteiger partial charge on any atom is -0.481 e. The van der Waals surface area contributed by atoms with Crippen LogP contribution in [-0.2, 0) is 19.1 Å². The van der Waals surface area contributed by atoms with Crippen molar-refractivity contribution in [3.05, 3.63) is 52.3 Å². The first-order chi connectivity index (χ1) is 19.5. The lowest BCUT2D eigenvalue weighted by Crippen LogP contribution is -2.38. The van der Waals surface area contributed by atoms with E-state index in [1.165, 1.54) is 10.9 Å². The summed E-state index contributed by atoms with van der Waals surface area (Å²) in [6.07, 6.45) is 1.49. The Balaban J connectivity index is 1.73. The van der Waals surface area contributed by atoms with Gasteiger partial charge < -0.3 is 30.6 Å². The maximum Gasteiger partial charge on any atom is 0.419 e. The summed E-state index contributed by atoms with van der Waals surface area (Å²) < 4.78 is 11.0. The molecule has 1 aliphatic rings. The molecule has 0 aliphatic heterocycles. The van der Waals surface area contributed by atoms with Crippen molar-refractivity contribution in [2.45, 2.75) is 52.5 Å². The Hall–Kier alpha value is -4.88. The summed E-state index contributed by atoms with van der Waals surface area (Å²) >= 11 is 0. The number of ether oxygens (including phenoxy) is 2. The van der Waals surface area contributed by atoms with Crippen molar-refractivity contribution >= 4 is 41.4 Å². The SMILES string of the molecule is CCN(C(=O)OCOC(=O)CCC(=O)O)C(=O)c1cn(NC)c(C(=N)Nc2cc(C(=O)NC3CC3)ccc2C)c1C. The second-order valence-electron chi connectivity index (χ2n) is 9.38. The molecule has 0 radical (unpaired) electrons. The van der Waals surface area contributed by atoms with Crippen molar-refractivity contribution in [1.29, 1.82) is 5.41 Å². The first kappa shape index (κ1) is 30.7. The number of hydrogen-bond acceptors (Lipinski definition) is 9. The topological polar surface area (TPSA) is 192 Å². The van der Waals surface area contributed by atoms with Crippen LogP contribution in [0.4, 0.5) is 10.5 Å². The molecule has 14 heteroatoms. The maximum absolute atomic E-state index is 13.3. The maximum atomic E-state index is 13.3. The molecule has 0 spiro atoms. The van der Waals surface area contributed by atoms with Crippen molar-refractivity contribution in [3.63, 3.8) is 0 Å². The molecule has 0 atom stereocenters. The van der Waals surface area contributed by atoms with Gasteiger partial charge in [0.1, 0.15) is 11.5 Å². The van der Waals surface area contributed by atoms with Gasteiger partial charge in [-0.2, -0.15) is 0 Å². The molecule has 1 saturated carbocycles. The third kappa shape index (κ3) is 7.84. The summed E-state index contributed by atoms with van der Waals surface area (Å²) in [4.78, 5) is 61.3. The number of carbonyl (C=O) groups is 5. The van der Waals surface area contributed by atoms with Gasteiger partial charge in [-0.3, -0.25) is 29.3 Å². The highest BCUT2D eigenvalue weighted by molar-refractivity contribution is 6.11. The predicted octanol–water partition coefficient (Wildman–Crippen LogP) is 2.57. The second-order valence-corrected chi connectivity index (χ2v) is 9.38. The fraction of sp³-hybridized carbons (Fsp3) is 0.407. The molecule has 1 aromatic carbocycles. The van der Waals surface area contributed by atoms with Crippen LogP contribution < -0.4 is 16.1 Å². The second kappa shape index (κ2) is 13.5. The lowest BCUT2D eigenvalue weighted by Gasteiger charge is -2.18. The molecular weight excluding hydrogens is 536 g/mol. The van der Waals surface area contributed by atoms with E-state index < -0.39 is 37.2 Å². The molecule has 0 unspecified atom stereocenters. The number of esters is 1. The zero-order valence-corrected chi connectivity index (χ0v) is 23.3. The van der Waals surface area contributed by atoms with Gasteiger partial charge in [0.15, 0.2) is 0 Å². The van der Waals surface area contributed by atoms with Crippen LogP contribution in [0.1, 0.15) is 70.1 Å². The van der Waals surface area contributed by atoms with Gasteiger partial charge in [0.2, 0.25) is 6.79 Å². The highest BCUT2D eigenvalue weighted by atomic mass is 16.7. The van der Waals surface area contributed by atoms with Crippen LogP contribution in [-0.4, -0.2) is 76.8 Å². The molecule has 0 saturated heterocycles. The third-order valence-electron chi connectivity index (χ3n) is 6.37. The lowest BCUT2D eigenvalue weighted by molar-refractivity contribution is -0.154. The summed E-state index contributed by atoms with van der Waals surface area (Å²) in [5.41, 5.74) is 5.53. The van der Waals surface area contributed by atoms with E-state index in [2.05, 4.69) is 16.1 Å². The molecule has 1 fully saturated rings. The molecule has 1 heterocycles. The van der Waals surface area contributed by atoms with Gasteiger partial charge in [-0.15, -0.1) is 0 Å². The Kier molecular flexibility index (Phi) is 10.1. The molecule has 1 aromatic heterocycles. The van der Waals surface area contributed by atoms with E-state index in [0.717, 1.165) is 23.3 Å². The Bertz CT molecular complexity index is 1360. The largest absolute Gasteiger partial charge is 0.481 e. The molecule has 41 heavy (non-hydrogen) atoms. The fourth-order valence-electron chi connectivity index (χ4n) is 3.89. The predicted molar refractivity (Wildman–Crippen MR) is 148 cm³/mol. The standard InChI is InChI=1S/C27H34N6O8/c1-5-32(27(39)41-14-40-22(36)11-10-21(34)35)26(38)19-13-33(29-4)23(16(19)3)24(28)31-20-12-17(7-6-15(20)2)25(37)30-18-8-9-18/h6-7,12-13,18,29H,5,8-11,14H2,1-4H3,(H2,28,31)(H,30,37)(H,34,35). The molecule has 14 nitrogen and oxygen atoms in total. The Labute approximate surface area is 236 Å². The third-order valence-corrected chi connectivity index (χ3v) is 6.37. The number of amidine groups is 1. The number of aryl methyl sites for hydroxylation is 1. The van der Waals surface area contributed by atoms with Crippen molar-refractivity contribution in [2.75, 3.05) is 31.1 Å². The average Bonchev–Trinajstić information content (AvgIpc) is 3.68. The van der Waals surface area contributed by atoms with Crippen LogP contribution in [0.3, 0.4) is 0 Å². The van der Waals surface area contributed by atoms with Crippen LogP contribution in [0.5, 0.6) is 0 Å². The van der Waals surface area contributed by atoms with Crippen LogP contribution >= 0.6 is 0 Å². The minimum absolute atomic E-state index is 0.0577. The first-order valence-corrected chi connectivity index (χ1v) is 13.0. The van der Waals surface area contributed by atoms with E-state index in [9.17, 15) is 24.0 Å². The molecule has 3 amide bonds. The van der Waals surface area contributed by atoms with Crippen LogP contribution in [0.15, 0.2) is 24.4 Å². The van der Waals surface area contributed by atoms with Gasteiger partial charge in [0.05, 0.1) is 18.4 Å². The van der Waals surface area contributed by atoms with E-state index in [4.69, 9.17) is 20.0 Å². The quantitative estimate of drug-likeness (QED) is 0.110. The normalized spacial score (nSPS) is 12.2. The van der Waals surface area contributed by atoms with E-state index in [1.807, 2.05) is 6.92 Å². The van der Waals surface area contributed by atoms with Gasteiger partial charge in [-0.05, 0) is 56.9 Å². The lowest BCUT2D eigenvalue weighted by atomic mass is 10.1. The molecule has 2 aromatic rings. The number of carboxylic acids is 1. The highest BCUT2D eigenvalue weighted by Crippen LogP contribution is 2.24. The van der Waals surface area contributed by atoms with Gasteiger partial charge in [-0.25, -0.2) is 9.69 Å². The molecular formula is C27H34N6O8. The number of carbonyl (C=O) groups excluding carboxylic acids is 4. The van der Waals surface area contributed by atoms with Gasteiger partial charge in [0, 0.05) is 37.1 Å². The smallest absolute Gasteiger partial charge is 0.419 e. The van der Waals surface area contributed by atoms with Crippen LogP contribution in [0, 0.1) is 19.3 Å². The Morgan fingerprint density at radius 2 is 1.83 bits per heavy atom. The number of aliphatic carboxylic acids is 1. The van der Waals surface area contributed by atoms with Crippen molar-refractivity contribution < 1.29 is 38.6 Å². The van der Waals surface area contributed by atoms with Crippen molar-refractivity contribution in [1.82, 2.24) is 14.9 Å². The molecule has 1 aliphatic carbocycles. The van der Waals surface area contributed by atoms with Crippen molar-refractivity contribution in [3.8, 4) is 0 Å². The average molecular weight is 571 g/mol. The number of benzene rings is 1. The number of amides is 3. The van der Waals surface area contributed by atoms with E-state index in [1.54, 1.807) is 39.1 Å². The van der Waals surface area contributed by atoms with E-state index in [-0.39, 0.29) is 36.3 Å².